The van der Waals surface area contributed by atoms with Crippen molar-refractivity contribution in [2.24, 2.45) is 4.99 Å². The van der Waals surface area contributed by atoms with Crippen molar-refractivity contribution in [1.29, 1.82) is 0 Å². The second kappa shape index (κ2) is 9.57. The van der Waals surface area contributed by atoms with Crippen molar-refractivity contribution in [3.05, 3.63) is 58.8 Å². The summed E-state index contributed by atoms with van der Waals surface area (Å²) in [6.07, 6.45) is 3.94. The smallest absolute Gasteiger partial charge is 0.266 e. The molecule has 3 heterocycles. The van der Waals surface area contributed by atoms with Gasteiger partial charge in [-0.3, -0.25) is 9.69 Å². The molecule has 3 fully saturated rings. The molecule has 0 aromatic heterocycles. The Hall–Kier alpha value is -2.84. The number of halogens is 1. The summed E-state index contributed by atoms with van der Waals surface area (Å²) in [5, 5.41) is 0.611. The summed E-state index contributed by atoms with van der Waals surface area (Å²) < 4.78 is 20.1. The zero-order chi connectivity index (χ0) is 22.8. The Bertz CT molecular complexity index is 1090. The maximum Gasteiger partial charge on any atom is 0.266 e. The van der Waals surface area contributed by atoms with Crippen molar-refractivity contribution in [1.82, 2.24) is 4.90 Å². The van der Waals surface area contributed by atoms with E-state index in [1.807, 2.05) is 36.4 Å². The lowest BCUT2D eigenvalue weighted by atomic mass is 10.1. The van der Waals surface area contributed by atoms with E-state index in [2.05, 4.69) is 14.8 Å². The number of benzene rings is 2. The Balaban J connectivity index is 1.31. The highest BCUT2D eigenvalue weighted by Crippen LogP contribution is 2.34. The van der Waals surface area contributed by atoms with E-state index in [-0.39, 0.29) is 11.7 Å². The summed E-state index contributed by atoms with van der Waals surface area (Å²) in [5.41, 5.74) is 3.25. The number of carbonyl (C=O) groups is 1. The summed E-state index contributed by atoms with van der Waals surface area (Å²) in [6, 6.07) is 13.2. The van der Waals surface area contributed by atoms with E-state index in [1.54, 1.807) is 18.0 Å². The first kappa shape index (κ1) is 22.0. The third kappa shape index (κ3) is 4.77. The minimum Gasteiger partial charge on any atom is -0.378 e. The van der Waals surface area contributed by atoms with Crippen LogP contribution in [-0.4, -0.2) is 62.4 Å². The van der Waals surface area contributed by atoms with Crippen LogP contribution in [-0.2, 0) is 9.53 Å². The van der Waals surface area contributed by atoms with E-state index >= 15 is 0 Å². The highest BCUT2D eigenvalue weighted by Gasteiger charge is 2.30. The predicted octanol–water partition coefficient (Wildman–Crippen LogP) is 4.50. The first-order valence-electron chi connectivity index (χ1n) is 11.3. The Morgan fingerprint density at radius 3 is 2.42 bits per heavy atom. The normalized spacial score (nSPS) is 21.6. The van der Waals surface area contributed by atoms with Gasteiger partial charge in [0.15, 0.2) is 5.17 Å². The molecule has 0 bridgehead atoms. The molecular formula is C25H27FN4O2S. The first-order chi connectivity index (χ1) is 16.1. The molecule has 2 aromatic rings. The van der Waals surface area contributed by atoms with Crippen LogP contribution in [0.3, 0.4) is 0 Å². The van der Waals surface area contributed by atoms with E-state index in [1.165, 1.54) is 17.8 Å². The van der Waals surface area contributed by atoms with Crippen LogP contribution < -0.4 is 9.80 Å². The number of amidine groups is 1. The summed E-state index contributed by atoms with van der Waals surface area (Å²) in [4.78, 5) is 23.9. The Kier molecular flexibility index (Phi) is 6.37. The Morgan fingerprint density at radius 1 is 1.00 bits per heavy atom. The van der Waals surface area contributed by atoms with Gasteiger partial charge in [0.2, 0.25) is 0 Å². The third-order valence-electron chi connectivity index (χ3n) is 6.17. The van der Waals surface area contributed by atoms with Crippen molar-refractivity contribution in [2.45, 2.75) is 12.8 Å². The molecule has 2 aromatic carbocycles. The van der Waals surface area contributed by atoms with Gasteiger partial charge in [-0.05, 0) is 72.6 Å². The molecule has 3 aliphatic heterocycles. The highest BCUT2D eigenvalue weighted by molar-refractivity contribution is 8.18. The van der Waals surface area contributed by atoms with Crippen LogP contribution in [0.15, 0.2) is 52.4 Å². The number of rotatable bonds is 4. The number of aliphatic imine (C=N–C) groups is 1. The number of anilines is 2. The lowest BCUT2D eigenvalue weighted by Crippen LogP contribution is -2.36. The van der Waals surface area contributed by atoms with Gasteiger partial charge >= 0.3 is 0 Å². The van der Waals surface area contributed by atoms with E-state index in [0.717, 1.165) is 63.6 Å². The maximum atomic E-state index is 14.7. The molecule has 0 aliphatic carbocycles. The largest absolute Gasteiger partial charge is 0.378 e. The molecule has 8 heteroatoms. The average Bonchev–Trinajstić information content (AvgIpc) is 3.46. The molecule has 0 unspecified atom stereocenters. The number of nitrogens with zero attached hydrogens (tertiary/aromatic N) is 4. The van der Waals surface area contributed by atoms with Crippen LogP contribution in [0.5, 0.6) is 0 Å². The summed E-state index contributed by atoms with van der Waals surface area (Å²) in [5.74, 6) is -0.378. The summed E-state index contributed by atoms with van der Waals surface area (Å²) >= 11 is 1.31. The predicted molar refractivity (Wildman–Crippen MR) is 133 cm³/mol. The standard InChI is InChI=1S/C25H27FN4O2S/c1-28-24(31)23(17-18-4-9-22(21(26)16-18)30-10-2-3-11-30)33-25(28)27-19-5-7-20(8-6-19)29-12-14-32-15-13-29/h4-9,16-17H,2-3,10-15H2,1H3/b23-17+,27-25?. The number of hydrogen-bond acceptors (Lipinski definition) is 6. The molecule has 0 N–H and O–H groups in total. The van der Waals surface area contributed by atoms with Gasteiger partial charge in [0.1, 0.15) is 5.82 Å². The molecule has 3 saturated heterocycles. The fourth-order valence-corrected chi connectivity index (χ4v) is 5.29. The van der Waals surface area contributed by atoms with Crippen LogP contribution >= 0.6 is 11.8 Å². The van der Waals surface area contributed by atoms with Crippen molar-refractivity contribution >= 4 is 46.0 Å². The molecule has 5 rings (SSSR count). The monoisotopic (exact) mass is 466 g/mol. The van der Waals surface area contributed by atoms with Crippen molar-refractivity contribution < 1.29 is 13.9 Å². The number of hydrogen-bond donors (Lipinski definition) is 0. The van der Waals surface area contributed by atoms with Crippen LogP contribution in [0.2, 0.25) is 0 Å². The van der Waals surface area contributed by atoms with Gasteiger partial charge in [-0.2, -0.15) is 0 Å². The second-order valence-corrected chi connectivity index (χ2v) is 9.40. The van der Waals surface area contributed by atoms with Crippen molar-refractivity contribution in [2.75, 3.05) is 56.2 Å². The minimum absolute atomic E-state index is 0.132. The van der Waals surface area contributed by atoms with Gasteiger partial charge in [-0.15, -0.1) is 0 Å². The van der Waals surface area contributed by atoms with Crippen LogP contribution in [0, 0.1) is 5.82 Å². The molecule has 0 radical (unpaired) electrons. The average molecular weight is 467 g/mol. The van der Waals surface area contributed by atoms with E-state index in [0.29, 0.717) is 21.3 Å². The SMILES string of the molecule is CN1C(=O)/C(=C\c2ccc(N3CCCC3)c(F)c2)SC1=Nc1ccc(N2CCOCC2)cc1. The summed E-state index contributed by atoms with van der Waals surface area (Å²) in [6.45, 7) is 5.04. The lowest BCUT2D eigenvalue weighted by molar-refractivity contribution is -0.121. The van der Waals surface area contributed by atoms with E-state index < -0.39 is 0 Å². The number of thioether (sulfide) groups is 1. The van der Waals surface area contributed by atoms with Gasteiger partial charge in [0, 0.05) is 38.9 Å². The molecule has 0 spiro atoms. The molecule has 1 amide bonds. The lowest BCUT2D eigenvalue weighted by Gasteiger charge is -2.28. The molecule has 0 saturated carbocycles. The molecule has 172 valence electrons. The fourth-order valence-electron chi connectivity index (χ4n) is 4.30. The zero-order valence-corrected chi connectivity index (χ0v) is 19.5. The number of morpholine rings is 1. The second-order valence-electron chi connectivity index (χ2n) is 8.39. The molecular weight excluding hydrogens is 439 g/mol. The number of carbonyl (C=O) groups excluding carboxylic acids is 1. The zero-order valence-electron chi connectivity index (χ0n) is 18.7. The summed E-state index contributed by atoms with van der Waals surface area (Å²) in [7, 11) is 1.72. The van der Waals surface area contributed by atoms with Gasteiger partial charge in [0.25, 0.3) is 5.91 Å². The molecule has 0 atom stereocenters. The maximum absolute atomic E-state index is 14.7. The number of ether oxygens (including phenoxy) is 1. The molecule has 33 heavy (non-hydrogen) atoms. The molecule has 6 nitrogen and oxygen atoms in total. The Morgan fingerprint density at radius 2 is 1.73 bits per heavy atom. The highest BCUT2D eigenvalue weighted by atomic mass is 32.2. The van der Waals surface area contributed by atoms with Crippen molar-refractivity contribution in [3.8, 4) is 0 Å². The van der Waals surface area contributed by atoms with Gasteiger partial charge in [-0.1, -0.05) is 6.07 Å². The Labute approximate surface area is 197 Å². The van der Waals surface area contributed by atoms with Crippen LogP contribution in [0.4, 0.5) is 21.5 Å². The number of likely N-dealkylation sites (N-methyl/N-ethyl adjacent to an activating group) is 1. The van der Waals surface area contributed by atoms with Crippen LogP contribution in [0.1, 0.15) is 18.4 Å². The first-order valence-corrected chi connectivity index (χ1v) is 12.1. The van der Waals surface area contributed by atoms with E-state index in [9.17, 15) is 9.18 Å². The van der Waals surface area contributed by atoms with E-state index in [4.69, 9.17) is 4.74 Å². The van der Waals surface area contributed by atoms with Crippen LogP contribution in [0.25, 0.3) is 6.08 Å². The fraction of sp³-hybridized carbons (Fsp3) is 0.360. The van der Waals surface area contributed by atoms with Gasteiger partial charge in [0.05, 0.1) is 29.5 Å². The van der Waals surface area contributed by atoms with Gasteiger partial charge < -0.3 is 14.5 Å². The van der Waals surface area contributed by atoms with Crippen molar-refractivity contribution in [3.63, 3.8) is 0 Å². The third-order valence-corrected chi connectivity index (χ3v) is 7.23. The topological polar surface area (TPSA) is 48.4 Å². The molecule has 3 aliphatic rings. The quantitative estimate of drug-likeness (QED) is 0.621. The van der Waals surface area contributed by atoms with Gasteiger partial charge in [-0.25, -0.2) is 9.38 Å². The number of amides is 1. The minimum atomic E-state index is -0.246.